The number of halogens is 1. The molecule has 0 bridgehead atoms. The SMILES string of the molecule is N#CCc1cc[c]cc1F. The van der Waals surface area contributed by atoms with Gasteiger partial charge in [0.15, 0.2) is 0 Å². The molecule has 0 aliphatic heterocycles. The van der Waals surface area contributed by atoms with Crippen molar-refractivity contribution in [3.05, 3.63) is 35.6 Å². The van der Waals surface area contributed by atoms with Gasteiger partial charge in [0.25, 0.3) is 0 Å². The Kier molecular flexibility index (Phi) is 2.01. The molecule has 1 aromatic carbocycles. The normalized spacial score (nSPS) is 8.80. The Balaban J connectivity index is 2.94. The minimum atomic E-state index is -0.357. The summed E-state index contributed by atoms with van der Waals surface area (Å²) < 4.78 is 12.6. The fourth-order valence-corrected chi connectivity index (χ4v) is 0.671. The maximum Gasteiger partial charge on any atom is 0.128 e. The van der Waals surface area contributed by atoms with Crippen LogP contribution in [0.2, 0.25) is 0 Å². The molecule has 0 saturated heterocycles. The number of rotatable bonds is 1. The van der Waals surface area contributed by atoms with Crippen molar-refractivity contribution in [3.8, 4) is 6.07 Å². The third kappa shape index (κ3) is 1.32. The molecule has 0 saturated carbocycles. The first kappa shape index (κ1) is 6.76. The van der Waals surface area contributed by atoms with Crippen LogP contribution in [0.15, 0.2) is 18.2 Å². The second kappa shape index (κ2) is 2.98. The first-order valence-corrected chi connectivity index (χ1v) is 2.86. The van der Waals surface area contributed by atoms with Gasteiger partial charge >= 0.3 is 0 Å². The van der Waals surface area contributed by atoms with E-state index in [4.69, 9.17) is 5.26 Å². The third-order valence-electron chi connectivity index (χ3n) is 1.17. The molecule has 1 rings (SSSR count). The highest BCUT2D eigenvalue weighted by Crippen LogP contribution is 2.05. The average Bonchev–Trinajstić information content (AvgIpc) is 1.94. The number of hydrogen-bond acceptors (Lipinski definition) is 1. The van der Waals surface area contributed by atoms with Crippen molar-refractivity contribution in [1.82, 2.24) is 0 Å². The zero-order valence-corrected chi connectivity index (χ0v) is 5.26. The molecule has 1 aromatic rings. The zero-order chi connectivity index (χ0) is 7.40. The summed E-state index contributed by atoms with van der Waals surface area (Å²) in [6.07, 6.45) is 0.126. The van der Waals surface area contributed by atoms with Gasteiger partial charge in [-0.05, 0) is 12.1 Å². The van der Waals surface area contributed by atoms with E-state index in [1.165, 1.54) is 6.07 Å². The molecular formula is C8H5FN. The molecule has 0 unspecified atom stereocenters. The first-order chi connectivity index (χ1) is 4.84. The van der Waals surface area contributed by atoms with Gasteiger partial charge in [-0.15, -0.1) is 0 Å². The smallest absolute Gasteiger partial charge is 0.128 e. The Hall–Kier alpha value is -1.36. The molecule has 0 atom stereocenters. The van der Waals surface area contributed by atoms with Crippen LogP contribution in [0, 0.1) is 23.2 Å². The monoisotopic (exact) mass is 134 g/mol. The van der Waals surface area contributed by atoms with Crippen molar-refractivity contribution in [2.75, 3.05) is 0 Å². The van der Waals surface area contributed by atoms with Crippen molar-refractivity contribution >= 4 is 0 Å². The van der Waals surface area contributed by atoms with Gasteiger partial charge < -0.3 is 0 Å². The Morgan fingerprint density at radius 1 is 1.70 bits per heavy atom. The topological polar surface area (TPSA) is 23.8 Å². The number of benzene rings is 1. The molecule has 0 spiro atoms. The van der Waals surface area contributed by atoms with Gasteiger partial charge in [0.05, 0.1) is 12.5 Å². The molecule has 1 radical (unpaired) electrons. The number of nitrogens with zero attached hydrogens (tertiary/aromatic N) is 1. The van der Waals surface area contributed by atoms with Gasteiger partial charge in [0, 0.05) is 5.56 Å². The van der Waals surface area contributed by atoms with E-state index in [0.717, 1.165) is 0 Å². The second-order valence-corrected chi connectivity index (χ2v) is 1.85. The summed E-state index contributed by atoms with van der Waals surface area (Å²) in [6, 6.07) is 8.82. The van der Waals surface area contributed by atoms with E-state index in [9.17, 15) is 4.39 Å². The predicted molar refractivity (Wildman–Crippen MR) is 34.6 cm³/mol. The van der Waals surface area contributed by atoms with Gasteiger partial charge in [0.1, 0.15) is 5.82 Å². The van der Waals surface area contributed by atoms with Gasteiger partial charge in [-0.25, -0.2) is 4.39 Å². The lowest BCUT2D eigenvalue weighted by molar-refractivity contribution is 0.615. The Bertz CT molecular complexity index is 262. The van der Waals surface area contributed by atoms with E-state index in [1.807, 2.05) is 6.07 Å². The van der Waals surface area contributed by atoms with Crippen LogP contribution >= 0.6 is 0 Å². The molecule has 2 heteroatoms. The van der Waals surface area contributed by atoms with Crippen LogP contribution in [0.5, 0.6) is 0 Å². The van der Waals surface area contributed by atoms with Crippen molar-refractivity contribution in [1.29, 1.82) is 5.26 Å². The molecule has 0 N–H and O–H groups in total. The van der Waals surface area contributed by atoms with E-state index in [-0.39, 0.29) is 12.2 Å². The molecule has 0 aliphatic rings. The van der Waals surface area contributed by atoms with Crippen molar-refractivity contribution in [2.45, 2.75) is 6.42 Å². The molecular weight excluding hydrogens is 129 g/mol. The number of nitriles is 1. The van der Waals surface area contributed by atoms with E-state index in [2.05, 4.69) is 6.07 Å². The van der Waals surface area contributed by atoms with Crippen LogP contribution < -0.4 is 0 Å². The second-order valence-electron chi connectivity index (χ2n) is 1.85. The Morgan fingerprint density at radius 2 is 2.50 bits per heavy atom. The Labute approximate surface area is 58.7 Å². The molecule has 0 aromatic heterocycles. The lowest BCUT2D eigenvalue weighted by Crippen LogP contribution is -1.85. The third-order valence-corrected chi connectivity index (χ3v) is 1.17. The summed E-state index contributed by atoms with van der Waals surface area (Å²) >= 11 is 0. The summed E-state index contributed by atoms with van der Waals surface area (Å²) in [7, 11) is 0. The molecule has 0 fully saturated rings. The molecule has 1 nitrogen and oxygen atoms in total. The first-order valence-electron chi connectivity index (χ1n) is 2.86. The van der Waals surface area contributed by atoms with Gasteiger partial charge in [0.2, 0.25) is 0 Å². The standard InChI is InChI=1S/C8H5FN/c9-8-4-2-1-3-7(8)5-6-10/h1,3-4H,5H2. The summed E-state index contributed by atoms with van der Waals surface area (Å²) in [4.78, 5) is 0. The maximum absolute atomic E-state index is 12.6. The van der Waals surface area contributed by atoms with Crippen LogP contribution in [0.25, 0.3) is 0 Å². The average molecular weight is 134 g/mol. The fourth-order valence-electron chi connectivity index (χ4n) is 0.671. The van der Waals surface area contributed by atoms with Gasteiger partial charge in [-0.1, -0.05) is 12.1 Å². The summed E-state index contributed by atoms with van der Waals surface area (Å²) in [5.74, 6) is -0.357. The quantitative estimate of drug-likeness (QED) is 0.573. The Morgan fingerprint density at radius 3 is 3.10 bits per heavy atom. The maximum atomic E-state index is 12.6. The summed E-state index contributed by atoms with van der Waals surface area (Å²) in [5.41, 5.74) is 0.432. The molecule has 0 amide bonds. The van der Waals surface area contributed by atoms with Gasteiger partial charge in [-0.2, -0.15) is 5.26 Å². The van der Waals surface area contributed by atoms with Crippen LogP contribution in [0.1, 0.15) is 5.56 Å². The highest BCUT2D eigenvalue weighted by molar-refractivity contribution is 5.19. The van der Waals surface area contributed by atoms with E-state index in [1.54, 1.807) is 12.1 Å². The van der Waals surface area contributed by atoms with Crippen molar-refractivity contribution in [2.24, 2.45) is 0 Å². The van der Waals surface area contributed by atoms with Crippen molar-refractivity contribution < 1.29 is 4.39 Å². The van der Waals surface area contributed by atoms with Crippen LogP contribution in [-0.4, -0.2) is 0 Å². The van der Waals surface area contributed by atoms with Crippen molar-refractivity contribution in [3.63, 3.8) is 0 Å². The molecule has 49 valence electrons. The predicted octanol–water partition coefficient (Wildman–Crippen LogP) is 1.69. The van der Waals surface area contributed by atoms with E-state index >= 15 is 0 Å². The number of hydrogen-bond donors (Lipinski definition) is 0. The zero-order valence-electron chi connectivity index (χ0n) is 5.26. The van der Waals surface area contributed by atoms with E-state index in [0.29, 0.717) is 5.56 Å². The highest BCUT2D eigenvalue weighted by Gasteiger charge is 1.97. The summed E-state index contributed by atoms with van der Waals surface area (Å²) in [6.45, 7) is 0. The molecule has 0 aliphatic carbocycles. The molecule has 0 heterocycles. The minimum absolute atomic E-state index is 0.126. The lowest BCUT2D eigenvalue weighted by Gasteiger charge is -1.92. The largest absolute Gasteiger partial charge is 0.207 e. The van der Waals surface area contributed by atoms with Crippen LogP contribution in [0.4, 0.5) is 4.39 Å². The van der Waals surface area contributed by atoms with Crippen LogP contribution in [-0.2, 0) is 6.42 Å². The van der Waals surface area contributed by atoms with E-state index < -0.39 is 0 Å². The minimum Gasteiger partial charge on any atom is -0.207 e. The lowest BCUT2D eigenvalue weighted by atomic mass is 10.2. The fraction of sp³-hybridized carbons (Fsp3) is 0.125. The molecule has 10 heavy (non-hydrogen) atoms. The van der Waals surface area contributed by atoms with Crippen LogP contribution in [0.3, 0.4) is 0 Å². The highest BCUT2D eigenvalue weighted by atomic mass is 19.1. The van der Waals surface area contributed by atoms with Gasteiger partial charge in [-0.3, -0.25) is 0 Å². The summed E-state index contributed by atoms with van der Waals surface area (Å²) in [5, 5.41) is 8.22.